The van der Waals surface area contributed by atoms with Crippen molar-refractivity contribution >= 4 is 34.9 Å². The summed E-state index contributed by atoms with van der Waals surface area (Å²) < 4.78 is 0. The van der Waals surface area contributed by atoms with Crippen LogP contribution in [0.1, 0.15) is 13.8 Å². The van der Waals surface area contributed by atoms with Gasteiger partial charge < -0.3 is 10.4 Å². The number of carbonyl (C=O) groups excluding carboxylic acids is 1. The first-order valence-electron chi connectivity index (χ1n) is 5.71. The highest BCUT2D eigenvalue weighted by Gasteiger charge is 2.26. The second-order valence-electron chi connectivity index (χ2n) is 4.33. The van der Waals surface area contributed by atoms with Gasteiger partial charge in [-0.15, -0.1) is 0 Å². The maximum atomic E-state index is 11.8. The van der Waals surface area contributed by atoms with Gasteiger partial charge in [0.1, 0.15) is 5.02 Å². The molecule has 20 heavy (non-hydrogen) atoms. The van der Waals surface area contributed by atoms with Gasteiger partial charge in [0.05, 0.1) is 10.8 Å². The number of nitrogens with zero attached hydrogens (tertiary/aromatic N) is 1. The van der Waals surface area contributed by atoms with Crippen molar-refractivity contribution in [3.8, 4) is 0 Å². The monoisotopic (exact) mass is 300 g/mol. The third-order valence-electron chi connectivity index (χ3n) is 2.96. The maximum absolute atomic E-state index is 11.8. The van der Waals surface area contributed by atoms with Crippen LogP contribution in [0.3, 0.4) is 0 Å². The number of carboxylic acid groups (broad SMARTS) is 1. The van der Waals surface area contributed by atoms with E-state index in [0.29, 0.717) is 0 Å². The zero-order valence-corrected chi connectivity index (χ0v) is 11.5. The van der Waals surface area contributed by atoms with Crippen LogP contribution in [0.4, 0.5) is 11.4 Å². The summed E-state index contributed by atoms with van der Waals surface area (Å²) in [5, 5.41) is 21.9. The fourth-order valence-electron chi connectivity index (χ4n) is 1.43. The van der Waals surface area contributed by atoms with Crippen LogP contribution >= 0.6 is 11.6 Å². The van der Waals surface area contributed by atoms with Crippen molar-refractivity contribution in [1.82, 2.24) is 0 Å². The molecule has 0 heterocycles. The SMILES string of the molecule is CC(C(=O)O)C(C)C(=O)Nc1ccc(Cl)c([N+](=O)[O-])c1. The first kappa shape index (κ1) is 15.9. The van der Waals surface area contributed by atoms with Crippen molar-refractivity contribution in [1.29, 1.82) is 0 Å². The molecule has 0 aliphatic heterocycles. The predicted octanol–water partition coefficient (Wildman–Crippen LogP) is 2.54. The van der Waals surface area contributed by atoms with Crippen molar-refractivity contribution in [2.24, 2.45) is 11.8 Å². The molecule has 1 aromatic carbocycles. The van der Waals surface area contributed by atoms with E-state index in [4.69, 9.17) is 16.7 Å². The highest BCUT2D eigenvalue weighted by Crippen LogP contribution is 2.27. The minimum atomic E-state index is -1.09. The van der Waals surface area contributed by atoms with Crippen molar-refractivity contribution in [3.05, 3.63) is 33.3 Å². The average Bonchev–Trinajstić information content (AvgIpc) is 2.38. The van der Waals surface area contributed by atoms with Crippen LogP contribution in [-0.4, -0.2) is 21.9 Å². The molecule has 2 unspecified atom stereocenters. The van der Waals surface area contributed by atoms with E-state index in [2.05, 4.69) is 5.32 Å². The smallest absolute Gasteiger partial charge is 0.307 e. The number of rotatable bonds is 5. The number of hydrogen-bond donors (Lipinski definition) is 2. The number of nitro groups is 1. The zero-order valence-electron chi connectivity index (χ0n) is 10.8. The van der Waals surface area contributed by atoms with Gasteiger partial charge in [-0.3, -0.25) is 19.7 Å². The number of carboxylic acids is 1. The molecule has 0 aliphatic rings. The quantitative estimate of drug-likeness (QED) is 0.641. The van der Waals surface area contributed by atoms with E-state index >= 15 is 0 Å². The van der Waals surface area contributed by atoms with Crippen LogP contribution in [0.25, 0.3) is 0 Å². The van der Waals surface area contributed by atoms with Gasteiger partial charge in [0, 0.05) is 17.7 Å². The van der Waals surface area contributed by atoms with Crippen LogP contribution < -0.4 is 5.32 Å². The number of carbonyl (C=O) groups is 2. The molecule has 8 heteroatoms. The van der Waals surface area contributed by atoms with E-state index in [9.17, 15) is 19.7 Å². The third-order valence-corrected chi connectivity index (χ3v) is 3.28. The molecule has 0 fully saturated rings. The summed E-state index contributed by atoms with van der Waals surface area (Å²) in [6, 6.07) is 3.82. The van der Waals surface area contributed by atoms with Crippen LogP contribution in [0, 0.1) is 22.0 Å². The second-order valence-corrected chi connectivity index (χ2v) is 4.74. The minimum absolute atomic E-state index is 0.0417. The molecular weight excluding hydrogens is 288 g/mol. The second kappa shape index (κ2) is 6.33. The molecule has 0 radical (unpaired) electrons. The summed E-state index contributed by atoms with van der Waals surface area (Å²) in [6.07, 6.45) is 0. The Balaban J connectivity index is 2.89. The first-order valence-corrected chi connectivity index (χ1v) is 6.09. The lowest BCUT2D eigenvalue weighted by atomic mass is 9.95. The lowest BCUT2D eigenvalue weighted by Crippen LogP contribution is -2.29. The molecule has 0 saturated carbocycles. The fourth-order valence-corrected chi connectivity index (χ4v) is 1.61. The minimum Gasteiger partial charge on any atom is -0.481 e. The van der Waals surface area contributed by atoms with E-state index in [1.807, 2.05) is 0 Å². The van der Waals surface area contributed by atoms with Gasteiger partial charge >= 0.3 is 5.97 Å². The number of hydrogen-bond acceptors (Lipinski definition) is 4. The molecule has 2 atom stereocenters. The Morgan fingerprint density at radius 2 is 1.95 bits per heavy atom. The number of aliphatic carboxylic acids is 1. The topological polar surface area (TPSA) is 110 Å². The molecule has 2 N–H and O–H groups in total. The molecule has 7 nitrogen and oxygen atoms in total. The molecular formula is C12H13ClN2O5. The number of anilines is 1. The number of nitro benzene ring substituents is 1. The zero-order chi connectivity index (χ0) is 15.4. The number of benzene rings is 1. The van der Waals surface area contributed by atoms with Gasteiger partial charge in [-0.25, -0.2) is 0 Å². The molecule has 0 saturated heterocycles. The number of amides is 1. The highest BCUT2D eigenvalue weighted by molar-refractivity contribution is 6.32. The first-order chi connectivity index (χ1) is 9.23. The van der Waals surface area contributed by atoms with Gasteiger partial charge in [0.2, 0.25) is 5.91 Å². The molecule has 0 bridgehead atoms. The Kier molecular flexibility index (Phi) is 5.04. The van der Waals surface area contributed by atoms with Gasteiger partial charge in [-0.1, -0.05) is 25.4 Å². The average molecular weight is 301 g/mol. The van der Waals surface area contributed by atoms with Gasteiger partial charge in [0.25, 0.3) is 5.69 Å². The van der Waals surface area contributed by atoms with Crippen molar-refractivity contribution in [2.45, 2.75) is 13.8 Å². The molecule has 108 valence electrons. The van der Waals surface area contributed by atoms with E-state index in [1.54, 1.807) is 0 Å². The van der Waals surface area contributed by atoms with Crippen LogP contribution in [-0.2, 0) is 9.59 Å². The van der Waals surface area contributed by atoms with Crippen LogP contribution in [0.5, 0.6) is 0 Å². The Hall–Kier alpha value is -2.15. The Bertz CT molecular complexity index is 561. The molecule has 0 spiro atoms. The summed E-state index contributed by atoms with van der Waals surface area (Å²) in [7, 11) is 0. The van der Waals surface area contributed by atoms with Crippen LogP contribution in [0.15, 0.2) is 18.2 Å². The van der Waals surface area contributed by atoms with Crippen LogP contribution in [0.2, 0.25) is 5.02 Å². The van der Waals surface area contributed by atoms with Crippen molar-refractivity contribution in [3.63, 3.8) is 0 Å². The molecule has 1 rings (SSSR count). The molecule has 0 aromatic heterocycles. The fraction of sp³-hybridized carbons (Fsp3) is 0.333. The predicted molar refractivity (Wildman–Crippen MR) is 72.7 cm³/mol. The van der Waals surface area contributed by atoms with E-state index in [-0.39, 0.29) is 16.4 Å². The van der Waals surface area contributed by atoms with Crippen molar-refractivity contribution in [2.75, 3.05) is 5.32 Å². The largest absolute Gasteiger partial charge is 0.481 e. The summed E-state index contributed by atoms with van der Waals surface area (Å²) >= 11 is 5.65. The summed E-state index contributed by atoms with van der Waals surface area (Å²) in [5.41, 5.74) is -0.140. The third kappa shape index (κ3) is 3.67. The van der Waals surface area contributed by atoms with Gasteiger partial charge in [-0.2, -0.15) is 0 Å². The highest BCUT2D eigenvalue weighted by atomic mass is 35.5. The Morgan fingerprint density at radius 3 is 2.45 bits per heavy atom. The van der Waals surface area contributed by atoms with E-state index in [0.717, 1.165) is 6.07 Å². The van der Waals surface area contributed by atoms with Gasteiger partial charge in [-0.05, 0) is 12.1 Å². The lowest BCUT2D eigenvalue weighted by molar-refractivity contribution is -0.384. The summed E-state index contributed by atoms with van der Waals surface area (Å²) in [6.45, 7) is 2.88. The number of halogens is 1. The van der Waals surface area contributed by atoms with Crippen molar-refractivity contribution < 1.29 is 19.6 Å². The van der Waals surface area contributed by atoms with E-state index < -0.39 is 28.6 Å². The normalized spacial score (nSPS) is 13.3. The lowest BCUT2D eigenvalue weighted by Gasteiger charge is -2.15. The maximum Gasteiger partial charge on any atom is 0.307 e. The Labute approximate surface area is 119 Å². The molecule has 1 amide bonds. The van der Waals surface area contributed by atoms with Gasteiger partial charge in [0.15, 0.2) is 0 Å². The molecule has 0 aliphatic carbocycles. The number of nitrogens with one attached hydrogen (secondary N) is 1. The summed E-state index contributed by atoms with van der Waals surface area (Å²) in [5.74, 6) is -3.26. The summed E-state index contributed by atoms with van der Waals surface area (Å²) in [4.78, 5) is 32.7. The van der Waals surface area contributed by atoms with E-state index in [1.165, 1.54) is 26.0 Å². The standard InChI is InChI=1S/C12H13ClN2O5/c1-6(7(2)12(17)18)11(16)14-8-3-4-9(13)10(5-8)15(19)20/h3-7H,1-2H3,(H,14,16)(H,17,18). The Morgan fingerprint density at radius 1 is 1.35 bits per heavy atom. The molecule has 1 aromatic rings.